The van der Waals surface area contributed by atoms with Gasteiger partial charge >= 0.3 is 0 Å². The van der Waals surface area contributed by atoms with Crippen molar-refractivity contribution in [1.82, 2.24) is 24.9 Å². The van der Waals surface area contributed by atoms with Gasteiger partial charge in [0.1, 0.15) is 11.6 Å². The van der Waals surface area contributed by atoms with E-state index >= 15 is 0 Å². The van der Waals surface area contributed by atoms with Gasteiger partial charge in [0.25, 0.3) is 0 Å². The predicted molar refractivity (Wildman–Crippen MR) is 113 cm³/mol. The lowest BCUT2D eigenvalue weighted by molar-refractivity contribution is 0.625. The molecule has 0 saturated heterocycles. The number of hydrogen-bond acceptors (Lipinski definition) is 6. The minimum atomic E-state index is -0.231. The van der Waals surface area contributed by atoms with Crippen LogP contribution in [0.4, 0.5) is 15.9 Å². The summed E-state index contributed by atoms with van der Waals surface area (Å²) in [5, 5.41) is 3.29. The molecule has 0 aliphatic carbocycles. The van der Waals surface area contributed by atoms with Gasteiger partial charge < -0.3 is 5.32 Å². The lowest BCUT2D eigenvalue weighted by Crippen LogP contribution is -2.06. The lowest BCUT2D eigenvalue weighted by atomic mass is 9.95. The summed E-state index contributed by atoms with van der Waals surface area (Å²) in [7, 11) is 0. The first-order valence-electron chi connectivity index (χ1n) is 9.69. The molecule has 4 rings (SSSR count). The van der Waals surface area contributed by atoms with Gasteiger partial charge in [-0.25, -0.2) is 9.37 Å². The minimum absolute atomic E-state index is 0.189. The number of benzene rings is 1. The van der Waals surface area contributed by atoms with Crippen molar-refractivity contribution in [3.05, 3.63) is 102 Å². The Balaban J connectivity index is 1.61. The highest BCUT2D eigenvalue weighted by Gasteiger charge is 2.11. The van der Waals surface area contributed by atoms with Gasteiger partial charge in [0.15, 0.2) is 0 Å². The Bertz CT molecular complexity index is 1030. The van der Waals surface area contributed by atoms with Gasteiger partial charge in [0.05, 0.1) is 11.9 Å². The van der Waals surface area contributed by atoms with Crippen molar-refractivity contribution in [2.24, 2.45) is 0 Å². The van der Waals surface area contributed by atoms with E-state index in [1.165, 1.54) is 12.1 Å². The van der Waals surface area contributed by atoms with Crippen LogP contribution in [0.2, 0.25) is 0 Å². The molecule has 0 radical (unpaired) electrons. The summed E-state index contributed by atoms with van der Waals surface area (Å²) in [6, 6.07) is 10.6. The Labute approximate surface area is 174 Å². The molecular weight excluding hydrogens is 379 g/mol. The first kappa shape index (κ1) is 19.6. The second kappa shape index (κ2) is 9.17. The molecular formula is C23H21FN6. The molecule has 1 aromatic carbocycles. The molecule has 0 unspecified atom stereocenters. The first-order chi connectivity index (χ1) is 14.7. The van der Waals surface area contributed by atoms with E-state index in [2.05, 4.69) is 32.2 Å². The summed E-state index contributed by atoms with van der Waals surface area (Å²) in [6.07, 6.45) is 11.3. The molecule has 0 bridgehead atoms. The van der Waals surface area contributed by atoms with E-state index < -0.39 is 0 Å². The van der Waals surface area contributed by atoms with Crippen LogP contribution in [0.1, 0.15) is 35.5 Å². The van der Waals surface area contributed by atoms with Gasteiger partial charge in [0, 0.05) is 54.5 Å². The van der Waals surface area contributed by atoms with Gasteiger partial charge in [0.2, 0.25) is 0 Å². The zero-order chi connectivity index (χ0) is 20.8. The van der Waals surface area contributed by atoms with Crippen molar-refractivity contribution in [1.29, 1.82) is 0 Å². The molecule has 1 atom stereocenters. The fraction of sp³-hybridized carbons (Fsp3) is 0.174. The van der Waals surface area contributed by atoms with Crippen molar-refractivity contribution < 1.29 is 4.39 Å². The van der Waals surface area contributed by atoms with Crippen LogP contribution in [0.5, 0.6) is 0 Å². The molecule has 0 spiro atoms. The van der Waals surface area contributed by atoms with E-state index in [0.29, 0.717) is 12.2 Å². The average Bonchev–Trinajstić information content (AvgIpc) is 2.75. The number of halogens is 1. The Morgan fingerprint density at radius 2 is 1.60 bits per heavy atom. The largest absolute Gasteiger partial charge is 0.339 e. The fourth-order valence-corrected chi connectivity index (χ4v) is 3.26. The predicted octanol–water partition coefficient (Wildman–Crippen LogP) is 4.48. The maximum absolute atomic E-state index is 13.3. The number of rotatable bonds is 7. The Kier molecular flexibility index (Phi) is 5.98. The molecule has 150 valence electrons. The van der Waals surface area contributed by atoms with Gasteiger partial charge in [-0.15, -0.1) is 0 Å². The highest BCUT2D eigenvalue weighted by atomic mass is 19.1. The highest BCUT2D eigenvalue weighted by Crippen LogP contribution is 2.24. The summed E-state index contributed by atoms with van der Waals surface area (Å²) >= 11 is 0. The van der Waals surface area contributed by atoms with Gasteiger partial charge in [-0.1, -0.05) is 19.1 Å². The van der Waals surface area contributed by atoms with Gasteiger partial charge in [-0.05, 0) is 42.2 Å². The molecule has 7 heteroatoms. The van der Waals surface area contributed by atoms with E-state index in [1.54, 1.807) is 37.2 Å². The molecule has 0 aliphatic rings. The standard InChI is InChI=1S/C23H21FN6/c1-16(17-2-4-18(24)5-3-17)10-19-11-21(30-23-15-26-7-9-28-23)12-20(29-19)13-22-14-25-6-8-27-22/h2-9,11-12,14-16H,10,13H2,1H3,(H,28,29,30)/t16-/m1/s1. The Hall–Kier alpha value is -3.74. The third-order valence-corrected chi connectivity index (χ3v) is 4.70. The number of anilines is 2. The van der Waals surface area contributed by atoms with Crippen molar-refractivity contribution in [2.45, 2.75) is 25.7 Å². The van der Waals surface area contributed by atoms with E-state index in [4.69, 9.17) is 4.98 Å². The fourth-order valence-electron chi connectivity index (χ4n) is 3.26. The second-order valence-electron chi connectivity index (χ2n) is 7.08. The molecule has 30 heavy (non-hydrogen) atoms. The summed E-state index contributed by atoms with van der Waals surface area (Å²) in [5.41, 5.74) is 4.61. The average molecular weight is 400 g/mol. The number of pyridine rings is 1. The molecule has 3 heterocycles. The zero-order valence-electron chi connectivity index (χ0n) is 16.5. The van der Waals surface area contributed by atoms with Crippen molar-refractivity contribution in [3.63, 3.8) is 0 Å². The minimum Gasteiger partial charge on any atom is -0.339 e. The molecule has 0 aliphatic heterocycles. The quantitative estimate of drug-likeness (QED) is 0.493. The lowest BCUT2D eigenvalue weighted by Gasteiger charge is -2.14. The zero-order valence-corrected chi connectivity index (χ0v) is 16.5. The monoisotopic (exact) mass is 400 g/mol. The van der Waals surface area contributed by atoms with E-state index in [0.717, 1.165) is 34.8 Å². The summed E-state index contributed by atoms with van der Waals surface area (Å²) in [6.45, 7) is 2.11. The Morgan fingerprint density at radius 1 is 0.867 bits per heavy atom. The molecule has 3 aromatic heterocycles. The van der Waals surface area contributed by atoms with E-state index in [9.17, 15) is 4.39 Å². The van der Waals surface area contributed by atoms with Gasteiger partial charge in [-0.2, -0.15) is 0 Å². The van der Waals surface area contributed by atoms with Crippen LogP contribution in [0, 0.1) is 5.82 Å². The van der Waals surface area contributed by atoms with Crippen molar-refractivity contribution in [3.8, 4) is 0 Å². The Morgan fingerprint density at radius 3 is 2.30 bits per heavy atom. The number of nitrogens with zero attached hydrogens (tertiary/aromatic N) is 5. The van der Waals surface area contributed by atoms with Crippen LogP contribution in [0.25, 0.3) is 0 Å². The topological polar surface area (TPSA) is 76.5 Å². The number of nitrogens with one attached hydrogen (secondary N) is 1. The summed E-state index contributed by atoms with van der Waals surface area (Å²) in [4.78, 5) is 21.7. The highest BCUT2D eigenvalue weighted by molar-refractivity contribution is 5.56. The molecule has 0 saturated carbocycles. The van der Waals surface area contributed by atoms with Crippen LogP contribution in [0.3, 0.4) is 0 Å². The van der Waals surface area contributed by atoms with Crippen LogP contribution >= 0.6 is 0 Å². The molecule has 0 amide bonds. The normalized spacial score (nSPS) is 11.8. The molecule has 1 N–H and O–H groups in total. The maximum Gasteiger partial charge on any atom is 0.148 e. The second-order valence-corrected chi connectivity index (χ2v) is 7.08. The van der Waals surface area contributed by atoms with Crippen molar-refractivity contribution in [2.75, 3.05) is 5.32 Å². The van der Waals surface area contributed by atoms with E-state index in [1.807, 2.05) is 24.3 Å². The van der Waals surface area contributed by atoms with E-state index in [-0.39, 0.29) is 11.7 Å². The van der Waals surface area contributed by atoms with Gasteiger partial charge in [-0.3, -0.25) is 19.9 Å². The van der Waals surface area contributed by atoms with Crippen LogP contribution < -0.4 is 5.32 Å². The van der Waals surface area contributed by atoms with Crippen LogP contribution in [0.15, 0.2) is 73.6 Å². The number of hydrogen-bond donors (Lipinski definition) is 1. The summed E-state index contributed by atoms with van der Waals surface area (Å²) < 4.78 is 13.3. The molecule has 0 fully saturated rings. The third kappa shape index (κ3) is 5.20. The van der Waals surface area contributed by atoms with Crippen LogP contribution in [-0.4, -0.2) is 24.9 Å². The van der Waals surface area contributed by atoms with Crippen molar-refractivity contribution >= 4 is 11.5 Å². The molecule has 6 nitrogen and oxygen atoms in total. The smallest absolute Gasteiger partial charge is 0.148 e. The molecule has 4 aromatic rings. The third-order valence-electron chi connectivity index (χ3n) is 4.70. The maximum atomic E-state index is 13.3. The SMILES string of the molecule is C[C@H](Cc1cc(Nc2cnccn2)cc(Cc2cnccn2)n1)c1ccc(F)cc1. The summed E-state index contributed by atoms with van der Waals surface area (Å²) in [5.74, 6) is 0.617. The van der Waals surface area contributed by atoms with Crippen LogP contribution in [-0.2, 0) is 12.8 Å². The number of aromatic nitrogens is 5. The first-order valence-corrected chi connectivity index (χ1v) is 9.69.